The number of amidine groups is 1. The number of nitrogens with zero attached hydrogens (tertiary/aromatic N) is 2. The van der Waals surface area contributed by atoms with Crippen molar-refractivity contribution in [2.24, 2.45) is 10.7 Å². The molecule has 0 fully saturated rings. The smallest absolute Gasteiger partial charge is 0.270 e. The average Bonchev–Trinajstić information content (AvgIpc) is 2.22. The molecule has 0 heterocycles. The van der Waals surface area contributed by atoms with Crippen molar-refractivity contribution in [1.82, 2.24) is 0 Å². The van der Waals surface area contributed by atoms with Crippen molar-refractivity contribution in [2.45, 2.75) is 6.92 Å². The molecule has 0 unspecified atom stereocenters. The summed E-state index contributed by atoms with van der Waals surface area (Å²) in [6.45, 7) is 1.75. The van der Waals surface area contributed by atoms with Gasteiger partial charge in [-0.3, -0.25) is 10.1 Å². The number of rotatable bonds is 3. The zero-order chi connectivity index (χ0) is 12.3. The zero-order valence-electron chi connectivity index (χ0n) is 8.41. The van der Waals surface area contributed by atoms with Crippen molar-refractivity contribution in [3.8, 4) is 0 Å². The highest BCUT2D eigenvalue weighted by Crippen LogP contribution is 2.30. The van der Waals surface area contributed by atoms with Crippen LogP contribution in [0.15, 0.2) is 17.1 Å². The predicted molar refractivity (Wildman–Crippen MR) is 72.6 cm³/mol. The minimum absolute atomic E-state index is 0.0466. The second-order valence-electron chi connectivity index (χ2n) is 3.09. The van der Waals surface area contributed by atoms with E-state index in [1.165, 1.54) is 12.1 Å². The molecule has 0 spiro atoms. The summed E-state index contributed by atoms with van der Waals surface area (Å²) in [7, 11) is 0. The number of hydrogen-bond acceptors (Lipinski definition) is 3. The molecule has 1 aromatic rings. The lowest BCUT2D eigenvalue weighted by Crippen LogP contribution is -2.12. The Balaban J connectivity index is 3.28. The van der Waals surface area contributed by atoms with Gasteiger partial charge in [0.15, 0.2) is 0 Å². The number of nitrogens with two attached hydrogens (primary N) is 1. The summed E-state index contributed by atoms with van der Waals surface area (Å²) in [4.78, 5) is 14.3. The molecular weight excluding hydrogens is 344 g/mol. The fraction of sp³-hybridized carbons (Fsp3) is 0.222. The lowest BCUT2D eigenvalue weighted by Gasteiger charge is -2.04. The van der Waals surface area contributed by atoms with Gasteiger partial charge in [-0.05, 0) is 35.1 Å². The molecule has 86 valence electrons. The Kier molecular flexibility index (Phi) is 4.48. The second-order valence-corrected chi connectivity index (χ2v) is 4.52. The first-order valence-electron chi connectivity index (χ1n) is 4.29. The summed E-state index contributed by atoms with van der Waals surface area (Å²) in [5.41, 5.74) is 6.90. The van der Waals surface area contributed by atoms with E-state index in [1.807, 2.05) is 22.6 Å². The first-order chi connectivity index (χ1) is 7.45. The number of nitro benzene ring substituents is 1. The lowest BCUT2D eigenvalue weighted by molar-refractivity contribution is -0.385. The molecule has 5 nitrogen and oxygen atoms in total. The van der Waals surface area contributed by atoms with Gasteiger partial charge in [0.2, 0.25) is 0 Å². The van der Waals surface area contributed by atoms with Gasteiger partial charge in [-0.25, -0.2) is 4.99 Å². The van der Waals surface area contributed by atoms with Crippen molar-refractivity contribution in [2.75, 3.05) is 5.88 Å². The van der Waals surface area contributed by atoms with E-state index in [2.05, 4.69) is 4.99 Å². The highest BCUT2D eigenvalue weighted by molar-refractivity contribution is 14.1. The van der Waals surface area contributed by atoms with E-state index in [0.29, 0.717) is 14.8 Å². The zero-order valence-corrected chi connectivity index (χ0v) is 11.3. The molecule has 0 aliphatic rings. The van der Waals surface area contributed by atoms with Gasteiger partial charge < -0.3 is 5.73 Å². The van der Waals surface area contributed by atoms with E-state index in [4.69, 9.17) is 17.3 Å². The Morgan fingerprint density at radius 3 is 2.75 bits per heavy atom. The lowest BCUT2D eigenvalue weighted by atomic mass is 10.2. The van der Waals surface area contributed by atoms with Crippen LogP contribution in [-0.4, -0.2) is 16.6 Å². The van der Waals surface area contributed by atoms with Crippen LogP contribution < -0.4 is 5.73 Å². The Morgan fingerprint density at radius 2 is 2.31 bits per heavy atom. The van der Waals surface area contributed by atoms with Crippen LogP contribution in [0.5, 0.6) is 0 Å². The van der Waals surface area contributed by atoms with E-state index >= 15 is 0 Å². The van der Waals surface area contributed by atoms with Gasteiger partial charge in [0.1, 0.15) is 5.84 Å². The standard InChI is InChI=1S/C9H9ClIN3O2/c1-5-2-6(14(15)16)3-7(11)9(5)13-8(12)4-10/h2-3H,4H2,1H3,(H2,12,13). The van der Waals surface area contributed by atoms with E-state index < -0.39 is 4.92 Å². The van der Waals surface area contributed by atoms with Gasteiger partial charge >= 0.3 is 0 Å². The Hall–Kier alpha value is -0.890. The number of aryl methyl sites for hydroxylation is 1. The van der Waals surface area contributed by atoms with E-state index in [9.17, 15) is 10.1 Å². The number of hydrogen-bond donors (Lipinski definition) is 1. The minimum atomic E-state index is -0.437. The highest BCUT2D eigenvalue weighted by atomic mass is 127. The molecule has 0 aliphatic carbocycles. The summed E-state index contributed by atoms with van der Waals surface area (Å²) < 4.78 is 0.678. The summed E-state index contributed by atoms with van der Waals surface area (Å²) >= 11 is 7.51. The van der Waals surface area contributed by atoms with Gasteiger partial charge in [0.25, 0.3) is 5.69 Å². The normalized spacial score (nSPS) is 11.6. The Bertz CT molecular complexity index is 439. The molecule has 0 atom stereocenters. The van der Waals surface area contributed by atoms with Gasteiger partial charge in [-0.2, -0.15) is 0 Å². The van der Waals surface area contributed by atoms with Crippen molar-refractivity contribution in [3.05, 3.63) is 31.4 Å². The average molecular weight is 354 g/mol. The maximum Gasteiger partial charge on any atom is 0.270 e. The number of halogens is 2. The molecule has 0 bridgehead atoms. The van der Waals surface area contributed by atoms with Crippen LogP contribution >= 0.6 is 34.2 Å². The van der Waals surface area contributed by atoms with Crippen molar-refractivity contribution < 1.29 is 4.92 Å². The largest absolute Gasteiger partial charge is 0.386 e. The minimum Gasteiger partial charge on any atom is -0.386 e. The van der Waals surface area contributed by atoms with Crippen LogP contribution in [0.4, 0.5) is 11.4 Å². The van der Waals surface area contributed by atoms with E-state index in [1.54, 1.807) is 6.92 Å². The van der Waals surface area contributed by atoms with Gasteiger partial charge in [-0.1, -0.05) is 0 Å². The number of aliphatic imine (C=N–C) groups is 1. The van der Waals surface area contributed by atoms with Crippen LogP contribution in [0.25, 0.3) is 0 Å². The third kappa shape index (κ3) is 3.05. The first kappa shape index (κ1) is 13.2. The number of benzene rings is 1. The first-order valence-corrected chi connectivity index (χ1v) is 5.90. The van der Waals surface area contributed by atoms with Gasteiger partial charge in [0.05, 0.1) is 16.5 Å². The molecule has 1 aromatic carbocycles. The molecule has 0 saturated heterocycles. The monoisotopic (exact) mass is 353 g/mol. The third-order valence-corrected chi connectivity index (χ3v) is 2.94. The molecule has 0 radical (unpaired) electrons. The number of nitro groups is 1. The highest BCUT2D eigenvalue weighted by Gasteiger charge is 2.12. The van der Waals surface area contributed by atoms with Crippen LogP contribution in [0, 0.1) is 20.6 Å². The van der Waals surface area contributed by atoms with Crippen molar-refractivity contribution >= 4 is 51.4 Å². The van der Waals surface area contributed by atoms with Crippen LogP contribution in [-0.2, 0) is 0 Å². The van der Waals surface area contributed by atoms with Crippen LogP contribution in [0.3, 0.4) is 0 Å². The van der Waals surface area contributed by atoms with E-state index in [0.717, 1.165) is 0 Å². The topological polar surface area (TPSA) is 81.5 Å². The van der Waals surface area contributed by atoms with E-state index in [-0.39, 0.29) is 17.4 Å². The molecule has 16 heavy (non-hydrogen) atoms. The van der Waals surface area contributed by atoms with Gasteiger partial charge in [-0.15, -0.1) is 11.6 Å². The third-order valence-electron chi connectivity index (χ3n) is 1.84. The Labute approximate surface area is 111 Å². The molecule has 0 aliphatic heterocycles. The fourth-order valence-electron chi connectivity index (χ4n) is 1.14. The van der Waals surface area contributed by atoms with Crippen LogP contribution in [0.1, 0.15) is 5.56 Å². The maximum absolute atomic E-state index is 10.6. The Morgan fingerprint density at radius 1 is 1.69 bits per heavy atom. The molecule has 0 saturated carbocycles. The molecule has 1 rings (SSSR count). The molecular formula is C9H9ClIN3O2. The molecule has 7 heteroatoms. The second kappa shape index (κ2) is 5.44. The maximum atomic E-state index is 10.6. The summed E-state index contributed by atoms with van der Waals surface area (Å²) in [6, 6.07) is 2.91. The van der Waals surface area contributed by atoms with Gasteiger partial charge in [0, 0.05) is 15.7 Å². The van der Waals surface area contributed by atoms with Crippen molar-refractivity contribution in [3.63, 3.8) is 0 Å². The SMILES string of the molecule is Cc1cc([N+](=O)[O-])cc(I)c1N=C(N)CCl. The molecule has 2 N–H and O–H groups in total. The summed E-state index contributed by atoms with van der Waals surface area (Å²) in [6.07, 6.45) is 0. The summed E-state index contributed by atoms with van der Waals surface area (Å²) in [5.74, 6) is 0.420. The van der Waals surface area contributed by atoms with Crippen LogP contribution in [0.2, 0.25) is 0 Å². The quantitative estimate of drug-likeness (QED) is 0.226. The summed E-state index contributed by atoms with van der Waals surface area (Å²) in [5, 5.41) is 10.6. The molecule has 0 aromatic heterocycles. The predicted octanol–water partition coefficient (Wildman–Crippen LogP) is 2.74. The van der Waals surface area contributed by atoms with Crippen molar-refractivity contribution in [1.29, 1.82) is 0 Å². The number of non-ortho nitro benzene ring substituents is 1. The molecule has 0 amide bonds. The fourth-order valence-corrected chi connectivity index (χ4v) is 2.06. The number of alkyl halides is 1.